The highest BCUT2D eigenvalue weighted by Crippen LogP contribution is 2.28. The lowest BCUT2D eigenvalue weighted by molar-refractivity contribution is 0.287. The summed E-state index contributed by atoms with van der Waals surface area (Å²) in [6.07, 6.45) is 2.13. The van der Waals surface area contributed by atoms with E-state index in [1.54, 1.807) is 0 Å². The van der Waals surface area contributed by atoms with Gasteiger partial charge in [0, 0.05) is 12.2 Å². The van der Waals surface area contributed by atoms with E-state index in [2.05, 4.69) is 51.1 Å². The monoisotopic (exact) mass is 180 g/mol. The van der Waals surface area contributed by atoms with Gasteiger partial charge in [-0.15, -0.1) is 0 Å². The van der Waals surface area contributed by atoms with E-state index in [1.165, 1.54) is 17.0 Å². The van der Waals surface area contributed by atoms with Crippen molar-refractivity contribution in [2.24, 2.45) is 5.92 Å². The Kier molecular flexibility index (Phi) is 3.02. The highest BCUT2D eigenvalue weighted by molar-refractivity contribution is 5.36. The Morgan fingerprint density at radius 1 is 1.46 bits per heavy atom. The molecule has 13 heavy (non-hydrogen) atoms. The largest absolute Gasteiger partial charge is 0.299 e. The Labute approximate surface area is 81.3 Å². The lowest BCUT2D eigenvalue weighted by Gasteiger charge is -2.23. The van der Waals surface area contributed by atoms with Crippen LogP contribution in [0.4, 0.5) is 0 Å². The molecule has 1 aliphatic rings. The van der Waals surface area contributed by atoms with E-state index in [1.807, 2.05) is 0 Å². The average Bonchev–Trinajstić information content (AvgIpc) is 2.41. The third-order valence-electron chi connectivity index (χ3n) is 2.49. The van der Waals surface area contributed by atoms with Crippen molar-refractivity contribution in [3.05, 3.63) is 23.0 Å². The second-order valence-electron chi connectivity index (χ2n) is 3.72. The lowest BCUT2D eigenvalue weighted by atomic mass is 10.0. The molecule has 0 aromatic heterocycles. The van der Waals surface area contributed by atoms with Crippen LogP contribution < -0.4 is 5.43 Å². The molecule has 0 spiro atoms. The molecule has 74 valence electrons. The number of hydrazine groups is 1. The Morgan fingerprint density at radius 3 is 2.38 bits per heavy atom. The Balaban J connectivity index is 3.01. The molecule has 0 aromatic rings. The zero-order valence-electron chi connectivity index (χ0n) is 9.31. The maximum absolute atomic E-state index is 3.39. The van der Waals surface area contributed by atoms with Gasteiger partial charge in [0.05, 0.1) is 5.70 Å². The molecule has 1 aliphatic heterocycles. The van der Waals surface area contributed by atoms with Crippen LogP contribution in [0.1, 0.15) is 34.6 Å². The van der Waals surface area contributed by atoms with Crippen molar-refractivity contribution in [1.29, 1.82) is 0 Å². The third kappa shape index (κ3) is 1.71. The summed E-state index contributed by atoms with van der Waals surface area (Å²) in [5, 5.41) is 2.23. The van der Waals surface area contributed by atoms with Gasteiger partial charge in [0.2, 0.25) is 0 Å². The second-order valence-corrected chi connectivity index (χ2v) is 3.72. The predicted octanol–water partition coefficient (Wildman–Crippen LogP) is 2.66. The van der Waals surface area contributed by atoms with E-state index in [0.717, 1.165) is 6.54 Å². The van der Waals surface area contributed by atoms with Crippen LogP contribution in [-0.4, -0.2) is 11.6 Å². The van der Waals surface area contributed by atoms with E-state index in [-0.39, 0.29) is 0 Å². The summed E-state index contributed by atoms with van der Waals surface area (Å²) in [4.78, 5) is 0. The van der Waals surface area contributed by atoms with Crippen LogP contribution in [0.15, 0.2) is 23.0 Å². The van der Waals surface area contributed by atoms with Gasteiger partial charge in [-0.3, -0.25) is 10.4 Å². The van der Waals surface area contributed by atoms with Crippen LogP contribution >= 0.6 is 0 Å². The molecule has 0 saturated carbocycles. The van der Waals surface area contributed by atoms with Gasteiger partial charge in [0.15, 0.2) is 0 Å². The fourth-order valence-electron chi connectivity index (χ4n) is 1.91. The Morgan fingerprint density at radius 2 is 2.08 bits per heavy atom. The SMILES string of the molecule is CC=C1NN(CC)C(C(C)C)=C1C. The van der Waals surface area contributed by atoms with Crippen LogP contribution in [0.5, 0.6) is 0 Å². The van der Waals surface area contributed by atoms with Crippen molar-refractivity contribution < 1.29 is 0 Å². The van der Waals surface area contributed by atoms with Crippen molar-refractivity contribution in [1.82, 2.24) is 10.4 Å². The van der Waals surface area contributed by atoms with Crippen LogP contribution in [0.3, 0.4) is 0 Å². The fraction of sp³-hybridized carbons (Fsp3) is 0.636. The first kappa shape index (κ1) is 10.2. The maximum atomic E-state index is 3.39. The zero-order valence-corrected chi connectivity index (χ0v) is 9.31. The van der Waals surface area contributed by atoms with Crippen LogP contribution in [0.25, 0.3) is 0 Å². The van der Waals surface area contributed by atoms with Gasteiger partial charge in [-0.25, -0.2) is 0 Å². The second kappa shape index (κ2) is 3.86. The molecule has 0 fully saturated rings. The molecule has 2 heteroatoms. The lowest BCUT2D eigenvalue weighted by Crippen LogP contribution is -2.32. The number of hydrogen-bond acceptors (Lipinski definition) is 2. The number of nitrogens with one attached hydrogen (secondary N) is 1. The molecule has 0 saturated heterocycles. The quantitative estimate of drug-likeness (QED) is 0.703. The number of hydrogen-bond donors (Lipinski definition) is 1. The Hall–Kier alpha value is -0.920. The van der Waals surface area contributed by atoms with Crippen molar-refractivity contribution >= 4 is 0 Å². The first-order chi connectivity index (χ1) is 6.11. The van der Waals surface area contributed by atoms with E-state index in [9.17, 15) is 0 Å². The molecule has 1 heterocycles. The summed E-state index contributed by atoms with van der Waals surface area (Å²) in [7, 11) is 0. The fourth-order valence-corrected chi connectivity index (χ4v) is 1.91. The summed E-state index contributed by atoms with van der Waals surface area (Å²) in [5.41, 5.74) is 7.46. The molecule has 0 aliphatic carbocycles. The van der Waals surface area contributed by atoms with Gasteiger partial charge >= 0.3 is 0 Å². The topological polar surface area (TPSA) is 15.3 Å². The number of nitrogens with zero attached hydrogens (tertiary/aromatic N) is 1. The molecule has 0 atom stereocenters. The standard InChI is InChI=1S/C11H20N2/c1-6-10-9(5)11(8(3)4)13(7-2)12-10/h6,8,12H,7H2,1-5H3. The molecule has 2 nitrogen and oxygen atoms in total. The molecule has 1 N–H and O–H groups in total. The van der Waals surface area contributed by atoms with E-state index < -0.39 is 0 Å². The summed E-state index contributed by atoms with van der Waals surface area (Å²) in [6, 6.07) is 0. The molecular formula is C11H20N2. The molecule has 0 bridgehead atoms. The molecule has 0 aromatic carbocycles. The van der Waals surface area contributed by atoms with E-state index in [0.29, 0.717) is 5.92 Å². The highest BCUT2D eigenvalue weighted by Gasteiger charge is 2.23. The summed E-state index contributed by atoms with van der Waals surface area (Å²) < 4.78 is 0. The van der Waals surface area contributed by atoms with Gasteiger partial charge in [-0.05, 0) is 32.3 Å². The van der Waals surface area contributed by atoms with E-state index >= 15 is 0 Å². The minimum Gasteiger partial charge on any atom is -0.299 e. The average molecular weight is 180 g/mol. The molecular weight excluding hydrogens is 160 g/mol. The smallest absolute Gasteiger partial charge is 0.0546 e. The van der Waals surface area contributed by atoms with Gasteiger partial charge < -0.3 is 0 Å². The van der Waals surface area contributed by atoms with Gasteiger partial charge in [-0.1, -0.05) is 19.9 Å². The highest BCUT2D eigenvalue weighted by atomic mass is 15.5. The van der Waals surface area contributed by atoms with Crippen molar-refractivity contribution in [3.63, 3.8) is 0 Å². The number of allylic oxidation sites excluding steroid dienone is 3. The maximum Gasteiger partial charge on any atom is 0.0546 e. The first-order valence-corrected chi connectivity index (χ1v) is 5.03. The van der Waals surface area contributed by atoms with Crippen LogP contribution in [0, 0.1) is 5.92 Å². The normalized spacial score (nSPS) is 20.5. The summed E-state index contributed by atoms with van der Waals surface area (Å²) >= 11 is 0. The van der Waals surface area contributed by atoms with Gasteiger partial charge in [0.25, 0.3) is 0 Å². The van der Waals surface area contributed by atoms with Crippen molar-refractivity contribution in [2.75, 3.05) is 6.54 Å². The van der Waals surface area contributed by atoms with Gasteiger partial charge in [0.1, 0.15) is 0 Å². The van der Waals surface area contributed by atoms with Crippen molar-refractivity contribution in [3.8, 4) is 0 Å². The first-order valence-electron chi connectivity index (χ1n) is 5.03. The molecule has 1 rings (SSSR count). The minimum atomic E-state index is 0.588. The van der Waals surface area contributed by atoms with Crippen LogP contribution in [0.2, 0.25) is 0 Å². The summed E-state index contributed by atoms with van der Waals surface area (Å²) in [5.74, 6) is 0.588. The molecule has 0 radical (unpaired) electrons. The van der Waals surface area contributed by atoms with Gasteiger partial charge in [-0.2, -0.15) is 0 Å². The Bertz CT molecular complexity index is 249. The third-order valence-corrected chi connectivity index (χ3v) is 2.49. The predicted molar refractivity (Wildman–Crippen MR) is 56.8 cm³/mol. The zero-order chi connectivity index (χ0) is 10.0. The minimum absolute atomic E-state index is 0.588. The van der Waals surface area contributed by atoms with Crippen LogP contribution in [-0.2, 0) is 0 Å². The number of rotatable bonds is 2. The molecule has 0 unspecified atom stereocenters. The molecule has 0 amide bonds. The van der Waals surface area contributed by atoms with E-state index in [4.69, 9.17) is 0 Å². The summed E-state index contributed by atoms with van der Waals surface area (Å²) in [6.45, 7) is 11.9. The van der Waals surface area contributed by atoms with Crippen molar-refractivity contribution in [2.45, 2.75) is 34.6 Å².